The first kappa shape index (κ1) is 8.20. The van der Waals surface area contributed by atoms with Gasteiger partial charge in [0.15, 0.2) is 0 Å². The topological polar surface area (TPSA) is 22.1 Å². The number of aromatic nitrogens is 1. The molecule has 0 bridgehead atoms. The number of thiazole rings is 1. The summed E-state index contributed by atoms with van der Waals surface area (Å²) in [6.07, 6.45) is 4.36. The first-order valence-electron chi connectivity index (χ1n) is 4.36. The minimum Gasteiger partial charge on any atom is -0.381 e. The van der Waals surface area contributed by atoms with Gasteiger partial charge in [0, 0.05) is 24.3 Å². The first-order chi connectivity index (χ1) is 5.86. The van der Waals surface area contributed by atoms with Gasteiger partial charge >= 0.3 is 0 Å². The molecule has 0 saturated carbocycles. The van der Waals surface area contributed by atoms with E-state index in [1.807, 2.05) is 17.5 Å². The van der Waals surface area contributed by atoms with Gasteiger partial charge < -0.3 is 4.74 Å². The lowest BCUT2D eigenvalue weighted by Gasteiger charge is -2.20. The van der Waals surface area contributed by atoms with Crippen LogP contribution in [0.1, 0.15) is 28.6 Å². The Balaban J connectivity index is 2.08. The Labute approximate surface area is 76.6 Å². The molecule has 2 heterocycles. The van der Waals surface area contributed by atoms with E-state index in [1.165, 1.54) is 22.7 Å². The number of hydrogen-bond donors (Lipinski definition) is 0. The van der Waals surface area contributed by atoms with Crippen molar-refractivity contribution in [2.45, 2.75) is 25.7 Å². The molecule has 0 spiro atoms. The van der Waals surface area contributed by atoms with Crippen molar-refractivity contribution in [3.63, 3.8) is 0 Å². The van der Waals surface area contributed by atoms with Crippen LogP contribution in [-0.4, -0.2) is 18.2 Å². The summed E-state index contributed by atoms with van der Waals surface area (Å²) in [7, 11) is 0. The van der Waals surface area contributed by atoms with Crippen molar-refractivity contribution in [3.8, 4) is 0 Å². The van der Waals surface area contributed by atoms with E-state index in [-0.39, 0.29) is 0 Å². The largest absolute Gasteiger partial charge is 0.381 e. The maximum atomic E-state index is 5.31. The summed E-state index contributed by atoms with van der Waals surface area (Å²) in [6, 6.07) is 0. The van der Waals surface area contributed by atoms with Crippen molar-refractivity contribution in [1.82, 2.24) is 4.98 Å². The Morgan fingerprint density at radius 1 is 1.50 bits per heavy atom. The Bertz CT molecular complexity index is 253. The van der Waals surface area contributed by atoms with Crippen LogP contribution in [-0.2, 0) is 4.74 Å². The van der Waals surface area contributed by atoms with Crippen LogP contribution in [0.2, 0.25) is 0 Å². The molecule has 2 nitrogen and oxygen atoms in total. The predicted molar refractivity (Wildman–Crippen MR) is 49.6 cm³/mol. The normalized spacial score (nSPS) is 19.8. The lowest BCUT2D eigenvalue weighted by Crippen LogP contribution is -2.12. The van der Waals surface area contributed by atoms with E-state index in [2.05, 4.69) is 11.9 Å². The van der Waals surface area contributed by atoms with Gasteiger partial charge in [-0.1, -0.05) is 0 Å². The standard InChI is InChI=1S/C9H13NOS/c1-7-10-6-9(12-7)8-2-4-11-5-3-8/h6,8H,2-5H2,1H3. The number of hydrogen-bond acceptors (Lipinski definition) is 3. The molecule has 0 aromatic carbocycles. The van der Waals surface area contributed by atoms with Crippen LogP contribution in [0.4, 0.5) is 0 Å². The van der Waals surface area contributed by atoms with Gasteiger partial charge in [-0.05, 0) is 25.7 Å². The third kappa shape index (κ3) is 1.67. The molecule has 1 aliphatic heterocycles. The van der Waals surface area contributed by atoms with Crippen LogP contribution in [0, 0.1) is 6.92 Å². The summed E-state index contributed by atoms with van der Waals surface area (Å²) in [6.45, 7) is 3.90. The fourth-order valence-electron chi connectivity index (χ4n) is 1.55. The van der Waals surface area contributed by atoms with Crippen LogP contribution in [0.25, 0.3) is 0 Å². The SMILES string of the molecule is Cc1ncc(C2CCOCC2)s1. The number of aryl methyl sites for hydroxylation is 1. The third-order valence-corrected chi connectivity index (χ3v) is 3.34. The summed E-state index contributed by atoms with van der Waals surface area (Å²) < 4.78 is 5.31. The second kappa shape index (κ2) is 3.54. The van der Waals surface area contributed by atoms with Crippen molar-refractivity contribution < 1.29 is 4.74 Å². The Kier molecular flexibility index (Phi) is 2.42. The quantitative estimate of drug-likeness (QED) is 0.666. The maximum Gasteiger partial charge on any atom is 0.0896 e. The molecule has 1 aromatic heterocycles. The van der Waals surface area contributed by atoms with Crippen molar-refractivity contribution in [2.75, 3.05) is 13.2 Å². The van der Waals surface area contributed by atoms with Gasteiger partial charge in [0.2, 0.25) is 0 Å². The Hall–Kier alpha value is -0.410. The van der Waals surface area contributed by atoms with E-state index in [0.29, 0.717) is 5.92 Å². The number of rotatable bonds is 1. The number of nitrogens with zero attached hydrogens (tertiary/aromatic N) is 1. The molecule has 1 saturated heterocycles. The lowest BCUT2D eigenvalue weighted by molar-refractivity contribution is 0.0860. The summed E-state index contributed by atoms with van der Waals surface area (Å²) in [5, 5.41) is 1.18. The van der Waals surface area contributed by atoms with Crippen LogP contribution < -0.4 is 0 Å². The summed E-state index contributed by atoms with van der Waals surface area (Å²) in [4.78, 5) is 5.71. The molecule has 1 aliphatic rings. The highest BCUT2D eigenvalue weighted by Crippen LogP contribution is 2.30. The minimum absolute atomic E-state index is 0.713. The zero-order chi connectivity index (χ0) is 8.39. The maximum absolute atomic E-state index is 5.31. The van der Waals surface area contributed by atoms with Crippen molar-refractivity contribution in [3.05, 3.63) is 16.1 Å². The highest BCUT2D eigenvalue weighted by molar-refractivity contribution is 7.11. The average molecular weight is 183 g/mol. The van der Waals surface area contributed by atoms with Crippen LogP contribution >= 0.6 is 11.3 Å². The van der Waals surface area contributed by atoms with Gasteiger partial charge in [0.05, 0.1) is 5.01 Å². The van der Waals surface area contributed by atoms with E-state index in [4.69, 9.17) is 4.74 Å². The zero-order valence-electron chi connectivity index (χ0n) is 7.25. The fraction of sp³-hybridized carbons (Fsp3) is 0.667. The highest BCUT2D eigenvalue weighted by Gasteiger charge is 2.17. The van der Waals surface area contributed by atoms with E-state index < -0.39 is 0 Å². The summed E-state index contributed by atoms with van der Waals surface area (Å²) >= 11 is 1.83. The van der Waals surface area contributed by atoms with Crippen LogP contribution in [0.3, 0.4) is 0 Å². The second-order valence-corrected chi connectivity index (χ2v) is 4.43. The van der Waals surface area contributed by atoms with Gasteiger partial charge in [-0.25, -0.2) is 4.98 Å². The molecule has 0 aliphatic carbocycles. The molecule has 2 rings (SSSR count). The monoisotopic (exact) mass is 183 g/mol. The molecule has 12 heavy (non-hydrogen) atoms. The molecule has 0 atom stereocenters. The third-order valence-electron chi connectivity index (χ3n) is 2.26. The molecular formula is C9H13NOS. The molecule has 0 N–H and O–H groups in total. The minimum atomic E-state index is 0.713. The van der Waals surface area contributed by atoms with Gasteiger partial charge in [0.1, 0.15) is 0 Å². The van der Waals surface area contributed by atoms with Crippen molar-refractivity contribution in [2.24, 2.45) is 0 Å². The molecule has 1 aromatic rings. The number of ether oxygens (including phenoxy) is 1. The first-order valence-corrected chi connectivity index (χ1v) is 5.18. The fourth-order valence-corrected chi connectivity index (χ4v) is 2.50. The average Bonchev–Trinajstić information content (AvgIpc) is 2.54. The molecule has 1 fully saturated rings. The summed E-state index contributed by atoms with van der Waals surface area (Å²) in [5.41, 5.74) is 0. The molecule has 66 valence electrons. The Morgan fingerprint density at radius 2 is 2.25 bits per heavy atom. The smallest absolute Gasteiger partial charge is 0.0896 e. The van der Waals surface area contributed by atoms with Gasteiger partial charge in [-0.2, -0.15) is 0 Å². The van der Waals surface area contributed by atoms with Crippen LogP contribution in [0.15, 0.2) is 6.20 Å². The zero-order valence-corrected chi connectivity index (χ0v) is 8.06. The molecule has 0 unspecified atom stereocenters. The highest BCUT2D eigenvalue weighted by atomic mass is 32.1. The molecule has 0 amide bonds. The van der Waals surface area contributed by atoms with Crippen molar-refractivity contribution >= 4 is 11.3 Å². The van der Waals surface area contributed by atoms with Gasteiger partial charge in [-0.15, -0.1) is 11.3 Å². The molecular weight excluding hydrogens is 170 g/mol. The van der Waals surface area contributed by atoms with E-state index in [0.717, 1.165) is 13.2 Å². The van der Waals surface area contributed by atoms with E-state index in [9.17, 15) is 0 Å². The lowest BCUT2D eigenvalue weighted by atomic mass is 9.99. The van der Waals surface area contributed by atoms with E-state index >= 15 is 0 Å². The van der Waals surface area contributed by atoms with Crippen LogP contribution in [0.5, 0.6) is 0 Å². The Morgan fingerprint density at radius 3 is 2.83 bits per heavy atom. The summed E-state index contributed by atoms with van der Waals surface area (Å²) in [5.74, 6) is 0.713. The van der Waals surface area contributed by atoms with Crippen molar-refractivity contribution in [1.29, 1.82) is 0 Å². The van der Waals surface area contributed by atoms with E-state index in [1.54, 1.807) is 0 Å². The molecule has 3 heteroatoms. The molecule has 0 radical (unpaired) electrons. The second-order valence-electron chi connectivity index (χ2n) is 3.17. The van der Waals surface area contributed by atoms with Gasteiger partial charge in [-0.3, -0.25) is 0 Å². The van der Waals surface area contributed by atoms with Gasteiger partial charge in [0.25, 0.3) is 0 Å². The predicted octanol–water partition coefficient (Wildman–Crippen LogP) is 2.35.